The van der Waals surface area contributed by atoms with E-state index in [1.807, 2.05) is 0 Å². The summed E-state index contributed by atoms with van der Waals surface area (Å²) in [7, 11) is 0. The summed E-state index contributed by atoms with van der Waals surface area (Å²) in [4.78, 5) is 9.61. The quantitative estimate of drug-likeness (QED) is 0.627. The summed E-state index contributed by atoms with van der Waals surface area (Å²) >= 11 is 0. The third-order valence-corrected chi connectivity index (χ3v) is 5.50. The fourth-order valence-corrected chi connectivity index (χ4v) is 4.12. The lowest BCUT2D eigenvalue weighted by Gasteiger charge is -2.12. The molecule has 0 bridgehead atoms. The Morgan fingerprint density at radius 3 is 1.61 bits per heavy atom. The molecule has 0 aliphatic carbocycles. The lowest BCUT2D eigenvalue weighted by molar-refractivity contribution is 0.296. The van der Waals surface area contributed by atoms with E-state index in [0.29, 0.717) is 23.9 Å². The molecule has 0 saturated carbocycles. The minimum Gasteiger partial charge on any atom is -0.478 e. The average molecular weight is 385 g/mol. The highest BCUT2D eigenvalue weighted by atomic mass is 16.5. The molecule has 0 radical (unpaired) electrons. The smallest absolute Gasteiger partial charge is 0.188 e. The molecule has 0 aromatic heterocycles. The first-order valence-corrected chi connectivity index (χ1v) is 10.8. The molecular formula is C24H36N2O2. The van der Waals surface area contributed by atoms with Crippen molar-refractivity contribution in [3.8, 4) is 0 Å². The van der Waals surface area contributed by atoms with Gasteiger partial charge in [0.05, 0.1) is 12.1 Å². The Balaban J connectivity index is 1.69. The Morgan fingerprint density at radius 1 is 0.786 bits per heavy atom. The molecule has 0 spiro atoms. The molecule has 2 atom stereocenters. The van der Waals surface area contributed by atoms with Gasteiger partial charge in [0.25, 0.3) is 0 Å². The Kier molecular flexibility index (Phi) is 6.79. The number of hydrogen-bond acceptors (Lipinski definition) is 4. The first-order chi connectivity index (χ1) is 13.3. The summed E-state index contributed by atoms with van der Waals surface area (Å²) in [5.74, 6) is 3.07. The average Bonchev–Trinajstić information content (AvgIpc) is 3.20. The van der Waals surface area contributed by atoms with E-state index in [2.05, 4.69) is 53.7 Å². The highest BCUT2D eigenvalue weighted by Gasteiger charge is 2.22. The van der Waals surface area contributed by atoms with E-state index in [0.717, 1.165) is 50.7 Å². The number of rotatable bonds is 8. The van der Waals surface area contributed by atoms with E-state index < -0.39 is 0 Å². The van der Waals surface area contributed by atoms with E-state index in [4.69, 9.17) is 19.5 Å². The summed E-state index contributed by atoms with van der Waals surface area (Å²) in [6.07, 6.45) is 3.74. The molecule has 4 nitrogen and oxygen atoms in total. The molecule has 1 aromatic rings. The van der Waals surface area contributed by atoms with Gasteiger partial charge in [-0.25, -0.2) is 9.98 Å². The van der Waals surface area contributed by atoms with Crippen LogP contribution >= 0.6 is 0 Å². The zero-order valence-electron chi connectivity index (χ0n) is 18.4. The third-order valence-electron chi connectivity index (χ3n) is 5.50. The van der Waals surface area contributed by atoms with Crippen molar-refractivity contribution in [3.63, 3.8) is 0 Å². The number of nitrogens with zero attached hydrogens (tertiary/aromatic N) is 2. The second-order valence-electron chi connectivity index (χ2n) is 9.29. The van der Waals surface area contributed by atoms with Gasteiger partial charge in [0, 0.05) is 12.8 Å². The van der Waals surface area contributed by atoms with Crippen LogP contribution in [0.15, 0.2) is 22.1 Å². The van der Waals surface area contributed by atoms with Crippen LogP contribution in [0.1, 0.15) is 62.8 Å². The molecule has 4 heteroatoms. The number of aliphatic imine (C=N–C) groups is 2. The predicted molar refractivity (Wildman–Crippen MR) is 117 cm³/mol. The summed E-state index contributed by atoms with van der Waals surface area (Å²) < 4.78 is 11.8. The van der Waals surface area contributed by atoms with Crippen molar-refractivity contribution in [2.75, 3.05) is 13.2 Å². The minimum atomic E-state index is 0.319. The fourth-order valence-electron chi connectivity index (χ4n) is 4.12. The van der Waals surface area contributed by atoms with Crippen molar-refractivity contribution in [3.05, 3.63) is 34.4 Å². The molecule has 154 valence electrons. The first-order valence-electron chi connectivity index (χ1n) is 10.8. The van der Waals surface area contributed by atoms with Gasteiger partial charge in [-0.15, -0.1) is 0 Å². The van der Waals surface area contributed by atoms with Crippen LogP contribution in [0.4, 0.5) is 0 Å². The van der Waals surface area contributed by atoms with Gasteiger partial charge >= 0.3 is 0 Å². The summed E-state index contributed by atoms with van der Waals surface area (Å²) in [5, 5.41) is 0. The topological polar surface area (TPSA) is 43.2 Å². The normalized spacial score (nSPS) is 21.7. The second-order valence-corrected chi connectivity index (χ2v) is 9.29. The molecule has 0 N–H and O–H groups in total. The van der Waals surface area contributed by atoms with Crippen LogP contribution in [0.5, 0.6) is 0 Å². The van der Waals surface area contributed by atoms with Crippen LogP contribution in [-0.4, -0.2) is 37.1 Å². The SMILES string of the molecule is Cc1cc(C)c(CC2=N[C@@H](CC(C)C)CO2)cc1CC1=N[C@@H](CC(C)C)CO1. The maximum absolute atomic E-state index is 5.88. The summed E-state index contributed by atoms with van der Waals surface area (Å²) in [6, 6.07) is 5.21. The first kappa shape index (κ1) is 20.9. The van der Waals surface area contributed by atoms with E-state index in [9.17, 15) is 0 Å². The molecule has 0 fully saturated rings. The van der Waals surface area contributed by atoms with Gasteiger partial charge in [-0.3, -0.25) is 0 Å². The van der Waals surface area contributed by atoms with Crippen molar-refractivity contribution in [1.82, 2.24) is 0 Å². The largest absolute Gasteiger partial charge is 0.478 e. The van der Waals surface area contributed by atoms with Gasteiger partial charge in [-0.05, 0) is 60.8 Å². The van der Waals surface area contributed by atoms with Crippen LogP contribution < -0.4 is 0 Å². The van der Waals surface area contributed by atoms with Crippen LogP contribution in [0.2, 0.25) is 0 Å². The van der Waals surface area contributed by atoms with Crippen LogP contribution in [0, 0.1) is 25.7 Å². The highest BCUT2D eigenvalue weighted by Crippen LogP contribution is 2.23. The van der Waals surface area contributed by atoms with Crippen molar-refractivity contribution < 1.29 is 9.47 Å². The van der Waals surface area contributed by atoms with Gasteiger partial charge in [0.2, 0.25) is 0 Å². The van der Waals surface area contributed by atoms with Gasteiger partial charge in [-0.1, -0.05) is 39.8 Å². The Labute approximate surface area is 170 Å². The highest BCUT2D eigenvalue weighted by molar-refractivity contribution is 5.82. The molecule has 0 amide bonds. The fraction of sp³-hybridized carbons (Fsp3) is 0.667. The zero-order valence-corrected chi connectivity index (χ0v) is 18.4. The van der Waals surface area contributed by atoms with E-state index in [1.54, 1.807) is 0 Å². The molecule has 2 aliphatic heterocycles. The predicted octanol–water partition coefficient (Wildman–Crippen LogP) is 5.08. The van der Waals surface area contributed by atoms with Crippen molar-refractivity contribution >= 4 is 11.8 Å². The molecular weight excluding hydrogens is 348 g/mol. The lowest BCUT2D eigenvalue weighted by Crippen LogP contribution is -2.10. The monoisotopic (exact) mass is 384 g/mol. The summed E-state index contributed by atoms with van der Waals surface area (Å²) in [5.41, 5.74) is 5.18. The van der Waals surface area contributed by atoms with Gasteiger partial charge in [0.15, 0.2) is 11.8 Å². The third kappa shape index (κ3) is 5.59. The molecule has 3 rings (SSSR count). The van der Waals surface area contributed by atoms with Crippen molar-refractivity contribution in [2.24, 2.45) is 21.8 Å². The molecule has 1 aromatic carbocycles. The number of aryl methyl sites for hydroxylation is 2. The van der Waals surface area contributed by atoms with Crippen molar-refractivity contribution in [1.29, 1.82) is 0 Å². The molecule has 28 heavy (non-hydrogen) atoms. The van der Waals surface area contributed by atoms with Crippen LogP contribution in [-0.2, 0) is 22.3 Å². The van der Waals surface area contributed by atoms with Crippen LogP contribution in [0.25, 0.3) is 0 Å². The van der Waals surface area contributed by atoms with Gasteiger partial charge in [-0.2, -0.15) is 0 Å². The molecule has 2 heterocycles. The number of hydrogen-bond donors (Lipinski definition) is 0. The van der Waals surface area contributed by atoms with Crippen molar-refractivity contribution in [2.45, 2.75) is 79.3 Å². The van der Waals surface area contributed by atoms with E-state index in [-0.39, 0.29) is 0 Å². The maximum atomic E-state index is 5.88. The summed E-state index contributed by atoms with van der Waals surface area (Å²) in [6.45, 7) is 14.8. The molecule has 2 aliphatic rings. The Morgan fingerprint density at radius 2 is 1.21 bits per heavy atom. The lowest BCUT2D eigenvalue weighted by atomic mass is 9.96. The number of ether oxygens (including phenoxy) is 2. The van der Waals surface area contributed by atoms with Gasteiger partial charge in [0.1, 0.15) is 13.2 Å². The molecule has 0 saturated heterocycles. The maximum Gasteiger partial charge on any atom is 0.188 e. The number of benzene rings is 1. The standard InChI is InChI=1S/C24H36N2O2/c1-15(2)7-21-13-27-23(25-21)11-19-10-20(18(6)9-17(19)5)12-24-26-22(14-28-24)8-16(3)4/h9-10,15-16,21-22H,7-8,11-14H2,1-6H3/t21-,22-/m0/s1. The van der Waals surface area contributed by atoms with Gasteiger partial charge < -0.3 is 9.47 Å². The van der Waals surface area contributed by atoms with Crippen LogP contribution in [0.3, 0.4) is 0 Å². The van der Waals surface area contributed by atoms with E-state index in [1.165, 1.54) is 22.3 Å². The second kappa shape index (κ2) is 9.11. The Hall–Kier alpha value is -1.84. The molecule has 0 unspecified atom stereocenters. The minimum absolute atomic E-state index is 0.319. The Bertz CT molecular complexity index is 690. The zero-order chi connectivity index (χ0) is 20.3. The van der Waals surface area contributed by atoms with E-state index >= 15 is 0 Å².